The van der Waals surface area contributed by atoms with Crippen molar-refractivity contribution in [1.29, 1.82) is 0 Å². The van der Waals surface area contributed by atoms with Gasteiger partial charge in [0.15, 0.2) is 11.6 Å². The van der Waals surface area contributed by atoms with E-state index in [-0.39, 0.29) is 42.6 Å². The summed E-state index contributed by atoms with van der Waals surface area (Å²) in [6.07, 6.45) is 1.27. The van der Waals surface area contributed by atoms with Crippen LogP contribution < -0.4 is 20.8 Å². The third-order valence-corrected chi connectivity index (χ3v) is 5.38. The van der Waals surface area contributed by atoms with Gasteiger partial charge in [-0.05, 0) is 13.0 Å². The highest BCUT2D eigenvalue weighted by Crippen LogP contribution is 2.43. The van der Waals surface area contributed by atoms with Crippen molar-refractivity contribution < 1.29 is 23.4 Å². The van der Waals surface area contributed by atoms with E-state index in [2.05, 4.69) is 0 Å². The van der Waals surface area contributed by atoms with E-state index in [0.717, 1.165) is 6.07 Å². The smallest absolute Gasteiger partial charge is 0.341 e. The number of carbonyl (C=O) groups is 1. The molecule has 1 saturated heterocycles. The first kappa shape index (κ1) is 17.7. The minimum atomic E-state index is -1.37. The number of anilines is 1. The number of benzene rings is 1. The van der Waals surface area contributed by atoms with E-state index in [1.54, 1.807) is 9.47 Å². The first-order valence-electron chi connectivity index (χ1n) is 8.67. The molecule has 27 heavy (non-hydrogen) atoms. The normalized spacial score (nSPS) is 24.3. The second-order valence-electron chi connectivity index (χ2n) is 7.16. The second kappa shape index (κ2) is 6.19. The van der Waals surface area contributed by atoms with Crippen LogP contribution in [0.25, 0.3) is 10.9 Å². The Morgan fingerprint density at radius 3 is 2.81 bits per heavy atom. The van der Waals surface area contributed by atoms with Crippen molar-refractivity contribution in [3.05, 3.63) is 33.9 Å². The fourth-order valence-electron chi connectivity index (χ4n) is 3.90. The zero-order valence-corrected chi connectivity index (χ0v) is 14.6. The molecule has 2 aromatic rings. The van der Waals surface area contributed by atoms with Gasteiger partial charge in [0.1, 0.15) is 17.9 Å². The zero-order chi connectivity index (χ0) is 19.5. The maximum absolute atomic E-state index is 15.0. The highest BCUT2D eigenvalue weighted by Gasteiger charge is 2.36. The van der Waals surface area contributed by atoms with Crippen molar-refractivity contribution in [2.75, 3.05) is 31.3 Å². The number of halogens is 2. The number of carboxylic acid groups (broad SMARTS) is 1. The number of nitrogens with zero attached hydrogens (tertiary/aromatic N) is 2. The van der Waals surface area contributed by atoms with Gasteiger partial charge < -0.3 is 25.0 Å². The van der Waals surface area contributed by atoms with Crippen LogP contribution in [-0.2, 0) is 0 Å². The van der Waals surface area contributed by atoms with Crippen LogP contribution in [0.4, 0.5) is 14.5 Å². The Morgan fingerprint density at radius 2 is 2.19 bits per heavy atom. The van der Waals surface area contributed by atoms with E-state index >= 15 is 0 Å². The van der Waals surface area contributed by atoms with Gasteiger partial charge in [-0.1, -0.05) is 0 Å². The molecule has 0 aliphatic carbocycles. The SMILES string of the molecule is C[C@H]1COc2c(N3CC(N)C(CF)C3)c(F)cc3c(=O)c(C(=O)O)cn1c23. The fourth-order valence-corrected chi connectivity index (χ4v) is 3.90. The average Bonchev–Trinajstić information content (AvgIpc) is 2.99. The molecule has 1 fully saturated rings. The summed E-state index contributed by atoms with van der Waals surface area (Å²) in [5.41, 5.74) is 5.24. The number of ether oxygens (including phenoxy) is 1. The van der Waals surface area contributed by atoms with Gasteiger partial charge in [0.25, 0.3) is 0 Å². The number of rotatable bonds is 3. The van der Waals surface area contributed by atoms with Crippen LogP contribution >= 0.6 is 0 Å². The van der Waals surface area contributed by atoms with Crippen molar-refractivity contribution in [3.63, 3.8) is 0 Å². The molecule has 3 heterocycles. The summed E-state index contributed by atoms with van der Waals surface area (Å²) in [5.74, 6) is -2.33. The fraction of sp³-hybridized carbons (Fsp3) is 0.444. The third kappa shape index (κ3) is 2.56. The monoisotopic (exact) mass is 379 g/mol. The Bertz CT molecular complexity index is 1010. The van der Waals surface area contributed by atoms with Crippen LogP contribution in [0.1, 0.15) is 23.3 Å². The molecule has 4 rings (SSSR count). The van der Waals surface area contributed by atoms with Gasteiger partial charge in [0.2, 0.25) is 5.43 Å². The van der Waals surface area contributed by atoms with Gasteiger partial charge in [-0.15, -0.1) is 0 Å². The van der Waals surface area contributed by atoms with Crippen LogP contribution in [0.3, 0.4) is 0 Å². The van der Waals surface area contributed by atoms with Gasteiger partial charge in [0, 0.05) is 31.2 Å². The van der Waals surface area contributed by atoms with E-state index in [1.165, 1.54) is 6.20 Å². The molecule has 1 aromatic heterocycles. The molecule has 2 aliphatic heterocycles. The minimum Gasteiger partial charge on any atom is -0.487 e. The number of pyridine rings is 1. The predicted molar refractivity (Wildman–Crippen MR) is 95.0 cm³/mol. The summed E-state index contributed by atoms with van der Waals surface area (Å²) in [6.45, 7) is 1.90. The molecule has 144 valence electrons. The van der Waals surface area contributed by atoms with Crippen LogP contribution in [0.15, 0.2) is 17.1 Å². The minimum absolute atomic E-state index is 0.0526. The summed E-state index contributed by atoms with van der Waals surface area (Å²) in [6, 6.07) is 0.364. The van der Waals surface area contributed by atoms with Crippen LogP contribution in [0.5, 0.6) is 5.75 Å². The Hall–Kier alpha value is -2.68. The first-order chi connectivity index (χ1) is 12.8. The quantitative estimate of drug-likeness (QED) is 0.839. The topological polar surface area (TPSA) is 97.8 Å². The van der Waals surface area contributed by atoms with Crippen molar-refractivity contribution >= 4 is 22.6 Å². The largest absolute Gasteiger partial charge is 0.487 e. The second-order valence-corrected chi connectivity index (χ2v) is 7.16. The predicted octanol–water partition coefficient (Wildman–Crippen LogP) is 1.53. The molecule has 2 unspecified atom stereocenters. The average molecular weight is 379 g/mol. The molecule has 0 saturated carbocycles. The summed E-state index contributed by atoms with van der Waals surface area (Å²) >= 11 is 0. The number of hydrogen-bond donors (Lipinski definition) is 2. The molecule has 3 N–H and O–H groups in total. The lowest BCUT2D eigenvalue weighted by Crippen LogP contribution is -2.31. The van der Waals surface area contributed by atoms with Gasteiger partial charge in [0.05, 0.1) is 23.6 Å². The van der Waals surface area contributed by atoms with Crippen molar-refractivity contribution in [2.45, 2.75) is 19.0 Å². The van der Waals surface area contributed by atoms with Crippen molar-refractivity contribution in [1.82, 2.24) is 4.57 Å². The molecule has 0 amide bonds. The highest BCUT2D eigenvalue weighted by atomic mass is 19.1. The molecule has 2 aliphatic rings. The van der Waals surface area contributed by atoms with E-state index in [1.807, 2.05) is 6.92 Å². The lowest BCUT2D eigenvalue weighted by atomic mass is 10.1. The Kier molecular flexibility index (Phi) is 4.06. The van der Waals surface area contributed by atoms with Crippen LogP contribution in [0.2, 0.25) is 0 Å². The third-order valence-electron chi connectivity index (χ3n) is 5.38. The van der Waals surface area contributed by atoms with Crippen molar-refractivity contribution in [2.24, 2.45) is 11.7 Å². The maximum atomic E-state index is 15.0. The molecule has 9 heteroatoms. The lowest BCUT2D eigenvalue weighted by molar-refractivity contribution is 0.0694. The molecule has 3 atom stereocenters. The molecule has 0 bridgehead atoms. The Balaban J connectivity index is 2.00. The van der Waals surface area contributed by atoms with E-state index in [4.69, 9.17) is 10.5 Å². The molecular weight excluding hydrogens is 360 g/mol. The Labute approximate surface area is 152 Å². The number of carboxylic acids is 1. The lowest BCUT2D eigenvalue weighted by Gasteiger charge is -2.31. The van der Waals surface area contributed by atoms with Gasteiger partial charge in [-0.3, -0.25) is 9.18 Å². The number of aromatic carboxylic acids is 1. The summed E-state index contributed by atoms with van der Waals surface area (Å²) in [5, 5.41) is 9.25. The Morgan fingerprint density at radius 1 is 1.44 bits per heavy atom. The zero-order valence-electron chi connectivity index (χ0n) is 14.6. The summed E-state index contributed by atoms with van der Waals surface area (Å²) in [7, 11) is 0. The first-order valence-corrected chi connectivity index (χ1v) is 8.67. The van der Waals surface area contributed by atoms with Gasteiger partial charge >= 0.3 is 5.97 Å². The number of nitrogens with two attached hydrogens (primary N) is 1. The number of alkyl halides is 1. The summed E-state index contributed by atoms with van der Waals surface area (Å²) < 4.78 is 35.5. The number of hydrogen-bond acceptors (Lipinski definition) is 5. The van der Waals surface area contributed by atoms with E-state index < -0.39 is 41.4 Å². The molecule has 1 aromatic carbocycles. The molecular formula is C18H19F2N3O4. The van der Waals surface area contributed by atoms with Crippen molar-refractivity contribution in [3.8, 4) is 5.75 Å². The molecule has 0 radical (unpaired) electrons. The standard InChI is InChI=1S/C18H19F2N3O4/c1-8-7-27-17-14-10(16(24)11(18(25)26)5-23(8)14)2-12(20)15(17)22-4-9(3-19)13(21)6-22/h2,5,8-9,13H,3-4,6-7,21H2,1H3,(H,25,26)/t8-,9?,13?/m0/s1. The van der Waals surface area contributed by atoms with Gasteiger partial charge in [-0.25, -0.2) is 9.18 Å². The summed E-state index contributed by atoms with van der Waals surface area (Å²) in [4.78, 5) is 25.6. The van der Waals surface area contributed by atoms with E-state index in [0.29, 0.717) is 5.52 Å². The van der Waals surface area contributed by atoms with Crippen LogP contribution in [-0.4, -0.2) is 48.1 Å². The van der Waals surface area contributed by atoms with Crippen LogP contribution in [0, 0.1) is 11.7 Å². The molecule has 0 spiro atoms. The number of aromatic nitrogens is 1. The maximum Gasteiger partial charge on any atom is 0.341 e. The molecule has 7 nitrogen and oxygen atoms in total. The van der Waals surface area contributed by atoms with Gasteiger partial charge in [-0.2, -0.15) is 0 Å². The highest BCUT2D eigenvalue weighted by molar-refractivity contribution is 5.97. The van der Waals surface area contributed by atoms with E-state index in [9.17, 15) is 23.5 Å².